The minimum atomic E-state index is -0.225. The summed E-state index contributed by atoms with van der Waals surface area (Å²) in [6.45, 7) is 8.57. The Morgan fingerprint density at radius 1 is 0.909 bits per heavy atom. The third-order valence-corrected chi connectivity index (χ3v) is 3.60. The summed E-state index contributed by atoms with van der Waals surface area (Å²) >= 11 is 0. The largest absolute Gasteiger partial charge is 0.331 e. The molecule has 0 saturated carbocycles. The second kappa shape index (κ2) is 11.2. The first-order valence-corrected chi connectivity index (χ1v) is 8.42. The maximum atomic E-state index is 12.3. The zero-order valence-corrected chi connectivity index (χ0v) is 13.9. The van der Waals surface area contributed by atoms with Crippen molar-refractivity contribution in [1.29, 1.82) is 0 Å². The summed E-state index contributed by atoms with van der Waals surface area (Å²) in [6.07, 6.45) is 6.13. The van der Waals surface area contributed by atoms with Crippen molar-refractivity contribution in [1.82, 2.24) is 19.8 Å². The van der Waals surface area contributed by atoms with Crippen LogP contribution in [0.15, 0.2) is 21.9 Å². The standard InChI is InChI=1S/C16H30N4O2/c1-3-5-8-17-10-13-19-12-7-15(21)20(16(19)22)14-11-18-9-6-4-2/h7,12,17-18H,3-6,8-11,13-14H2,1-2H3. The number of hydrogen-bond acceptors (Lipinski definition) is 4. The molecule has 0 unspecified atom stereocenters. The number of unbranched alkanes of at least 4 members (excludes halogenated alkanes) is 2. The Kier molecular flexibility index (Phi) is 9.50. The first-order chi connectivity index (χ1) is 10.7. The maximum absolute atomic E-state index is 12.3. The summed E-state index contributed by atoms with van der Waals surface area (Å²) in [5.41, 5.74) is -0.445. The van der Waals surface area contributed by atoms with Crippen molar-refractivity contribution in [3.63, 3.8) is 0 Å². The van der Waals surface area contributed by atoms with Crippen LogP contribution in [0, 0.1) is 0 Å². The van der Waals surface area contributed by atoms with Crippen LogP contribution in [0.4, 0.5) is 0 Å². The van der Waals surface area contributed by atoms with Crippen LogP contribution in [0.1, 0.15) is 39.5 Å². The summed E-state index contributed by atoms with van der Waals surface area (Å²) in [5, 5.41) is 6.56. The lowest BCUT2D eigenvalue weighted by molar-refractivity contribution is 0.504. The fourth-order valence-corrected chi connectivity index (χ4v) is 2.18. The van der Waals surface area contributed by atoms with Crippen molar-refractivity contribution in [2.45, 2.75) is 52.6 Å². The zero-order valence-electron chi connectivity index (χ0n) is 13.9. The molecule has 0 atom stereocenters. The topological polar surface area (TPSA) is 68.1 Å². The zero-order chi connectivity index (χ0) is 16.2. The molecule has 6 nitrogen and oxygen atoms in total. The normalized spacial score (nSPS) is 11.0. The minimum absolute atomic E-state index is 0.220. The number of nitrogens with one attached hydrogen (secondary N) is 2. The van der Waals surface area contributed by atoms with Crippen molar-refractivity contribution in [2.75, 3.05) is 26.2 Å². The van der Waals surface area contributed by atoms with Crippen molar-refractivity contribution in [3.05, 3.63) is 33.1 Å². The Bertz CT molecular complexity index is 522. The highest BCUT2D eigenvalue weighted by molar-refractivity contribution is 4.86. The second-order valence-electron chi connectivity index (χ2n) is 5.49. The van der Waals surface area contributed by atoms with Gasteiger partial charge in [-0.3, -0.25) is 13.9 Å². The molecule has 0 aromatic carbocycles. The quantitative estimate of drug-likeness (QED) is 0.560. The van der Waals surface area contributed by atoms with E-state index in [9.17, 15) is 9.59 Å². The minimum Gasteiger partial charge on any atom is -0.315 e. The van der Waals surface area contributed by atoms with Crippen LogP contribution in [0.2, 0.25) is 0 Å². The Morgan fingerprint density at radius 3 is 2.09 bits per heavy atom. The molecule has 6 heteroatoms. The molecule has 0 aliphatic heterocycles. The lowest BCUT2D eigenvalue weighted by Gasteiger charge is -2.11. The van der Waals surface area contributed by atoms with Gasteiger partial charge < -0.3 is 10.6 Å². The molecule has 1 aromatic heterocycles. The molecule has 1 heterocycles. The van der Waals surface area contributed by atoms with E-state index < -0.39 is 0 Å². The molecule has 126 valence electrons. The van der Waals surface area contributed by atoms with Gasteiger partial charge in [-0.25, -0.2) is 4.79 Å². The van der Waals surface area contributed by atoms with Gasteiger partial charge in [-0.15, -0.1) is 0 Å². The van der Waals surface area contributed by atoms with E-state index in [0.29, 0.717) is 19.6 Å². The lowest BCUT2D eigenvalue weighted by atomic mass is 10.3. The third-order valence-electron chi connectivity index (χ3n) is 3.60. The summed E-state index contributed by atoms with van der Waals surface area (Å²) < 4.78 is 2.91. The Hall–Kier alpha value is -1.40. The van der Waals surface area contributed by atoms with Gasteiger partial charge in [0, 0.05) is 38.4 Å². The fraction of sp³-hybridized carbons (Fsp3) is 0.750. The molecular weight excluding hydrogens is 280 g/mol. The van der Waals surface area contributed by atoms with Gasteiger partial charge in [0.05, 0.1) is 0 Å². The van der Waals surface area contributed by atoms with E-state index in [1.54, 1.807) is 10.8 Å². The van der Waals surface area contributed by atoms with Crippen LogP contribution in [0.3, 0.4) is 0 Å². The predicted molar refractivity (Wildman–Crippen MR) is 90.5 cm³/mol. The monoisotopic (exact) mass is 310 g/mol. The predicted octanol–water partition coefficient (Wildman–Crippen LogP) is 0.789. The number of aromatic nitrogens is 2. The van der Waals surface area contributed by atoms with E-state index in [-0.39, 0.29) is 11.2 Å². The number of rotatable bonds is 12. The molecule has 22 heavy (non-hydrogen) atoms. The van der Waals surface area contributed by atoms with E-state index in [2.05, 4.69) is 24.5 Å². The van der Waals surface area contributed by atoms with E-state index in [1.807, 2.05) is 0 Å². The summed E-state index contributed by atoms with van der Waals surface area (Å²) in [4.78, 5) is 24.1. The summed E-state index contributed by atoms with van der Waals surface area (Å²) in [5.74, 6) is 0. The van der Waals surface area contributed by atoms with E-state index in [4.69, 9.17) is 0 Å². The van der Waals surface area contributed by atoms with E-state index in [1.165, 1.54) is 10.6 Å². The molecule has 2 N–H and O–H groups in total. The van der Waals surface area contributed by atoms with Gasteiger partial charge >= 0.3 is 5.69 Å². The average molecular weight is 310 g/mol. The van der Waals surface area contributed by atoms with Crippen LogP contribution in [0.25, 0.3) is 0 Å². The highest BCUT2D eigenvalue weighted by Crippen LogP contribution is 1.84. The maximum Gasteiger partial charge on any atom is 0.331 e. The van der Waals surface area contributed by atoms with Gasteiger partial charge in [0.25, 0.3) is 5.56 Å². The molecular formula is C16H30N4O2. The Labute approximate surface area is 132 Å². The van der Waals surface area contributed by atoms with E-state index in [0.717, 1.165) is 45.3 Å². The summed E-state index contributed by atoms with van der Waals surface area (Å²) in [6, 6.07) is 1.47. The Balaban J connectivity index is 2.52. The van der Waals surface area contributed by atoms with Gasteiger partial charge in [-0.1, -0.05) is 26.7 Å². The molecule has 1 aromatic rings. The first-order valence-electron chi connectivity index (χ1n) is 8.42. The van der Waals surface area contributed by atoms with Gasteiger partial charge in [0.2, 0.25) is 0 Å². The number of hydrogen-bond donors (Lipinski definition) is 2. The van der Waals surface area contributed by atoms with E-state index >= 15 is 0 Å². The molecule has 0 aliphatic carbocycles. The smallest absolute Gasteiger partial charge is 0.315 e. The highest BCUT2D eigenvalue weighted by Gasteiger charge is 2.04. The van der Waals surface area contributed by atoms with Crippen LogP contribution in [-0.2, 0) is 13.1 Å². The average Bonchev–Trinajstić information content (AvgIpc) is 2.51. The highest BCUT2D eigenvalue weighted by atomic mass is 16.2. The third kappa shape index (κ3) is 6.58. The molecule has 0 bridgehead atoms. The van der Waals surface area contributed by atoms with Gasteiger partial charge in [-0.05, 0) is 25.9 Å². The van der Waals surface area contributed by atoms with Gasteiger partial charge in [-0.2, -0.15) is 0 Å². The molecule has 0 radical (unpaired) electrons. The SMILES string of the molecule is CCCCNCCn1ccc(=O)n(CCNCCCC)c1=O. The van der Waals surface area contributed by atoms with Crippen molar-refractivity contribution in [3.8, 4) is 0 Å². The lowest BCUT2D eigenvalue weighted by Crippen LogP contribution is -2.42. The molecule has 0 amide bonds. The molecule has 0 aliphatic rings. The number of nitrogens with zero attached hydrogens (tertiary/aromatic N) is 2. The van der Waals surface area contributed by atoms with Crippen molar-refractivity contribution < 1.29 is 0 Å². The Morgan fingerprint density at radius 2 is 1.50 bits per heavy atom. The first kappa shape index (κ1) is 18.6. The summed E-state index contributed by atoms with van der Waals surface area (Å²) in [7, 11) is 0. The van der Waals surface area contributed by atoms with Crippen LogP contribution >= 0.6 is 0 Å². The van der Waals surface area contributed by atoms with Crippen LogP contribution in [0.5, 0.6) is 0 Å². The van der Waals surface area contributed by atoms with Crippen molar-refractivity contribution >= 4 is 0 Å². The van der Waals surface area contributed by atoms with Crippen molar-refractivity contribution in [2.24, 2.45) is 0 Å². The molecule has 0 fully saturated rings. The fourth-order valence-electron chi connectivity index (χ4n) is 2.18. The molecule has 0 saturated heterocycles. The molecule has 0 spiro atoms. The molecule has 1 rings (SSSR count). The van der Waals surface area contributed by atoms with Gasteiger partial charge in [0.1, 0.15) is 0 Å². The second-order valence-corrected chi connectivity index (χ2v) is 5.49. The van der Waals surface area contributed by atoms with Crippen LogP contribution < -0.4 is 21.9 Å². The van der Waals surface area contributed by atoms with Crippen LogP contribution in [-0.4, -0.2) is 35.3 Å². The van der Waals surface area contributed by atoms with Gasteiger partial charge in [0.15, 0.2) is 0 Å².